The average molecular weight is 498 g/mol. The number of Topliss-reactive ketones (excluding diaryl/α,β-unsaturated/α-hetero) is 1. The predicted molar refractivity (Wildman–Crippen MR) is 123 cm³/mol. The molecule has 6 nitrogen and oxygen atoms in total. The molecule has 10 heteroatoms. The zero-order valence-corrected chi connectivity index (χ0v) is 19.0. The number of nitrogens with one attached hydrogen (secondary N) is 1. The zero-order chi connectivity index (χ0) is 24.9. The van der Waals surface area contributed by atoms with Crippen LogP contribution < -0.4 is 0 Å². The molecular formula is C25H17F3N2O4S. The second kappa shape index (κ2) is 8.38. The van der Waals surface area contributed by atoms with Crippen LogP contribution in [0.2, 0.25) is 0 Å². The molecule has 35 heavy (non-hydrogen) atoms. The maximum atomic E-state index is 15.5. The Bertz CT molecular complexity index is 1740. The third-order valence-electron chi connectivity index (χ3n) is 5.84. The molecule has 1 N–H and O–H groups in total. The third-order valence-corrected chi connectivity index (χ3v) is 7.50. The zero-order valence-electron chi connectivity index (χ0n) is 18.2. The fourth-order valence-electron chi connectivity index (χ4n) is 4.00. The molecule has 0 atom stereocenters. The van der Waals surface area contributed by atoms with Crippen molar-refractivity contribution in [3.05, 3.63) is 83.5 Å². The van der Waals surface area contributed by atoms with Crippen molar-refractivity contribution in [1.82, 2.24) is 10.2 Å². The first-order valence-corrected chi connectivity index (χ1v) is 12.2. The molecule has 0 saturated carbocycles. The minimum atomic E-state index is -4.04. The number of furan rings is 1. The summed E-state index contributed by atoms with van der Waals surface area (Å²) >= 11 is 0. The SMILES string of the molecule is CCC(=O)c1[nH]nc2c(F)c(-c3c(F)ccc(CS(=O)(=O)c4ccc5ccoc5c4)c3F)ccc12. The Hall–Kier alpha value is -3.92. The van der Waals surface area contributed by atoms with E-state index in [0.717, 1.165) is 18.2 Å². The number of halogens is 3. The molecular weight excluding hydrogens is 481 g/mol. The fourth-order valence-corrected chi connectivity index (χ4v) is 5.36. The van der Waals surface area contributed by atoms with Crippen LogP contribution in [0.25, 0.3) is 33.0 Å². The fraction of sp³-hybridized carbons (Fsp3) is 0.120. The summed E-state index contributed by atoms with van der Waals surface area (Å²) in [5.74, 6) is -4.38. The van der Waals surface area contributed by atoms with Crippen molar-refractivity contribution >= 4 is 37.5 Å². The van der Waals surface area contributed by atoms with Gasteiger partial charge in [0, 0.05) is 34.4 Å². The van der Waals surface area contributed by atoms with Gasteiger partial charge in [-0.2, -0.15) is 5.10 Å². The number of sulfone groups is 1. The molecule has 3 aromatic carbocycles. The highest BCUT2D eigenvalue weighted by Crippen LogP contribution is 2.35. The Kier molecular flexibility index (Phi) is 5.47. The third kappa shape index (κ3) is 3.79. The van der Waals surface area contributed by atoms with Crippen LogP contribution in [0.1, 0.15) is 29.4 Å². The number of hydrogen-bond acceptors (Lipinski definition) is 5. The maximum absolute atomic E-state index is 15.5. The van der Waals surface area contributed by atoms with Gasteiger partial charge in [-0.25, -0.2) is 21.6 Å². The van der Waals surface area contributed by atoms with E-state index in [9.17, 15) is 17.6 Å². The minimum absolute atomic E-state index is 0.0949. The Morgan fingerprint density at radius 1 is 1.03 bits per heavy atom. The Labute approximate surface area is 197 Å². The normalized spacial score (nSPS) is 12.0. The minimum Gasteiger partial charge on any atom is -0.464 e. The number of aromatic amines is 1. The lowest BCUT2D eigenvalue weighted by atomic mass is 9.99. The molecule has 0 bridgehead atoms. The lowest BCUT2D eigenvalue weighted by Gasteiger charge is -2.12. The van der Waals surface area contributed by atoms with E-state index in [2.05, 4.69) is 10.2 Å². The highest BCUT2D eigenvalue weighted by Gasteiger charge is 2.25. The molecule has 2 heterocycles. The summed E-state index contributed by atoms with van der Waals surface area (Å²) in [6.07, 6.45) is 1.58. The quantitative estimate of drug-likeness (QED) is 0.292. The van der Waals surface area contributed by atoms with E-state index in [1.807, 2.05) is 0 Å². The largest absolute Gasteiger partial charge is 0.464 e. The molecule has 0 spiro atoms. The molecule has 0 radical (unpaired) electrons. The molecule has 178 valence electrons. The van der Waals surface area contributed by atoms with Gasteiger partial charge in [0.2, 0.25) is 0 Å². The number of fused-ring (bicyclic) bond motifs is 2. The molecule has 0 saturated heterocycles. The number of benzene rings is 3. The molecule has 0 aliphatic heterocycles. The molecule has 0 fully saturated rings. The highest BCUT2D eigenvalue weighted by atomic mass is 32.2. The van der Waals surface area contributed by atoms with Crippen LogP contribution in [0.3, 0.4) is 0 Å². The van der Waals surface area contributed by atoms with E-state index >= 15 is 8.78 Å². The van der Waals surface area contributed by atoms with Gasteiger partial charge < -0.3 is 4.42 Å². The number of H-pyrrole nitrogens is 1. The van der Waals surface area contributed by atoms with E-state index in [4.69, 9.17) is 4.42 Å². The summed E-state index contributed by atoms with van der Waals surface area (Å²) in [4.78, 5) is 11.9. The van der Waals surface area contributed by atoms with Crippen LogP contribution in [-0.4, -0.2) is 24.4 Å². The first-order valence-electron chi connectivity index (χ1n) is 10.6. The number of aromatic nitrogens is 2. The molecule has 5 rings (SSSR count). The summed E-state index contributed by atoms with van der Waals surface area (Å²) < 4.78 is 76.7. The summed E-state index contributed by atoms with van der Waals surface area (Å²) in [5, 5.41) is 7.16. The van der Waals surface area contributed by atoms with Gasteiger partial charge in [-0.05, 0) is 30.3 Å². The van der Waals surface area contributed by atoms with Crippen molar-refractivity contribution in [1.29, 1.82) is 0 Å². The van der Waals surface area contributed by atoms with Crippen molar-refractivity contribution in [3.8, 4) is 11.1 Å². The van der Waals surface area contributed by atoms with Crippen molar-refractivity contribution in [2.75, 3.05) is 0 Å². The van der Waals surface area contributed by atoms with Gasteiger partial charge in [0.1, 0.15) is 28.4 Å². The standard InChI is InChI=1S/C25H17F3N2O4S/c1-2-19(31)24-17-7-6-16(23(28)25(17)30-29-24)21-18(26)8-4-14(22(21)27)12-35(32,33)15-5-3-13-9-10-34-20(13)11-15/h3-11H,2,12H2,1H3,(H,29,30). The van der Waals surface area contributed by atoms with Gasteiger partial charge in [-0.15, -0.1) is 0 Å². The predicted octanol–water partition coefficient (Wildman–Crippen LogP) is 5.96. The van der Waals surface area contributed by atoms with Crippen LogP contribution in [-0.2, 0) is 15.6 Å². The Balaban J connectivity index is 1.58. The maximum Gasteiger partial charge on any atom is 0.182 e. The molecule has 0 aliphatic carbocycles. The van der Waals surface area contributed by atoms with Crippen LogP contribution in [0.5, 0.6) is 0 Å². The second-order valence-electron chi connectivity index (χ2n) is 7.97. The van der Waals surface area contributed by atoms with Crippen molar-refractivity contribution in [3.63, 3.8) is 0 Å². The molecule has 0 amide bonds. The van der Waals surface area contributed by atoms with Crippen molar-refractivity contribution in [2.45, 2.75) is 24.0 Å². The van der Waals surface area contributed by atoms with Gasteiger partial charge in [0.05, 0.1) is 22.5 Å². The first kappa shape index (κ1) is 22.9. The number of ketones is 1. The number of nitrogens with zero attached hydrogens (tertiary/aromatic N) is 1. The summed E-state index contributed by atoms with van der Waals surface area (Å²) in [6, 6.07) is 10.3. The summed E-state index contributed by atoms with van der Waals surface area (Å²) in [6.45, 7) is 1.64. The summed E-state index contributed by atoms with van der Waals surface area (Å²) in [7, 11) is -4.04. The van der Waals surface area contributed by atoms with Gasteiger partial charge in [0.25, 0.3) is 0 Å². The van der Waals surface area contributed by atoms with E-state index in [-0.39, 0.29) is 39.3 Å². The van der Waals surface area contributed by atoms with Crippen molar-refractivity contribution in [2.24, 2.45) is 0 Å². The van der Waals surface area contributed by atoms with Gasteiger partial charge in [-0.1, -0.05) is 19.1 Å². The van der Waals surface area contributed by atoms with E-state index in [1.54, 1.807) is 19.1 Å². The molecule has 0 unspecified atom stereocenters. The molecule has 5 aromatic rings. The average Bonchev–Trinajstić information content (AvgIpc) is 3.49. The van der Waals surface area contributed by atoms with Crippen molar-refractivity contribution < 1.29 is 30.8 Å². The highest BCUT2D eigenvalue weighted by molar-refractivity contribution is 7.90. The summed E-state index contributed by atoms with van der Waals surface area (Å²) in [5.41, 5.74) is -1.29. The Morgan fingerprint density at radius 2 is 1.83 bits per heavy atom. The number of rotatable bonds is 6. The number of carbonyl (C=O) groups is 1. The lowest BCUT2D eigenvalue weighted by molar-refractivity contribution is 0.0985. The lowest BCUT2D eigenvalue weighted by Crippen LogP contribution is -2.08. The van der Waals surface area contributed by atoms with E-state index in [0.29, 0.717) is 11.0 Å². The smallest absolute Gasteiger partial charge is 0.182 e. The first-order chi connectivity index (χ1) is 16.7. The van der Waals surface area contributed by atoms with Gasteiger partial charge in [-0.3, -0.25) is 9.89 Å². The van der Waals surface area contributed by atoms with Crippen LogP contribution >= 0.6 is 0 Å². The number of carbonyl (C=O) groups excluding carboxylic acids is 1. The Morgan fingerprint density at radius 3 is 2.60 bits per heavy atom. The van der Waals surface area contributed by atoms with Crippen LogP contribution in [0, 0.1) is 17.5 Å². The van der Waals surface area contributed by atoms with E-state index in [1.165, 1.54) is 24.5 Å². The number of hydrogen-bond donors (Lipinski definition) is 1. The monoisotopic (exact) mass is 498 g/mol. The van der Waals surface area contributed by atoms with Gasteiger partial charge >= 0.3 is 0 Å². The topological polar surface area (TPSA) is 93.0 Å². The second-order valence-corrected chi connectivity index (χ2v) is 9.96. The van der Waals surface area contributed by atoms with E-state index < -0.39 is 44.2 Å². The van der Waals surface area contributed by atoms with Gasteiger partial charge in [0.15, 0.2) is 21.4 Å². The van der Waals surface area contributed by atoms with Crippen LogP contribution in [0.4, 0.5) is 13.2 Å². The molecule has 2 aromatic heterocycles. The molecule has 0 aliphatic rings. The van der Waals surface area contributed by atoms with Crippen LogP contribution in [0.15, 0.2) is 64.1 Å².